The van der Waals surface area contributed by atoms with E-state index in [0.29, 0.717) is 0 Å². The van der Waals surface area contributed by atoms with Gasteiger partial charge < -0.3 is 5.73 Å². The molecule has 1 aliphatic carbocycles. The maximum Gasteiger partial charge on any atom is 0.220 e. The molecule has 4 heteroatoms. The van der Waals surface area contributed by atoms with Crippen LogP contribution in [0, 0.1) is 5.92 Å². The van der Waals surface area contributed by atoms with E-state index in [1.165, 1.54) is 0 Å². The highest BCUT2D eigenvalue weighted by atomic mass is 16.1. The van der Waals surface area contributed by atoms with Crippen LogP contribution in [0.15, 0.2) is 10.2 Å². The zero-order valence-corrected chi connectivity index (χ0v) is 6.29. The third kappa shape index (κ3) is 1.13. The van der Waals surface area contributed by atoms with Crippen LogP contribution >= 0.6 is 0 Å². The van der Waals surface area contributed by atoms with Crippen molar-refractivity contribution in [2.75, 3.05) is 0 Å². The number of amides is 1. The second kappa shape index (κ2) is 2.03. The molecule has 1 atom stereocenters. The van der Waals surface area contributed by atoms with Gasteiger partial charge in [0.1, 0.15) is 0 Å². The van der Waals surface area contributed by atoms with Crippen molar-refractivity contribution < 1.29 is 4.79 Å². The van der Waals surface area contributed by atoms with Gasteiger partial charge in [0.15, 0.2) is 5.66 Å². The van der Waals surface area contributed by atoms with Crippen molar-refractivity contribution in [3.8, 4) is 0 Å². The average Bonchev–Trinajstić information content (AvgIpc) is 2.69. The minimum absolute atomic E-state index is 0.0127. The topological polar surface area (TPSA) is 67.8 Å². The van der Waals surface area contributed by atoms with E-state index in [1.807, 2.05) is 0 Å². The van der Waals surface area contributed by atoms with Crippen LogP contribution in [-0.2, 0) is 4.79 Å². The predicted molar refractivity (Wildman–Crippen MR) is 38.7 cm³/mol. The Morgan fingerprint density at radius 1 is 1.55 bits per heavy atom. The molecule has 60 valence electrons. The number of hydrogen-bond acceptors (Lipinski definition) is 3. The van der Waals surface area contributed by atoms with E-state index >= 15 is 0 Å². The summed E-state index contributed by atoms with van der Waals surface area (Å²) in [5.41, 5.74) is 5.03. The zero-order chi connectivity index (χ0) is 7.90. The SMILES string of the molecule is NC(=O)C1CCCC2(C1)N=N2. The van der Waals surface area contributed by atoms with Crippen LogP contribution in [0.2, 0.25) is 0 Å². The van der Waals surface area contributed by atoms with Gasteiger partial charge in [0.2, 0.25) is 5.91 Å². The average molecular weight is 153 g/mol. The molecule has 1 saturated carbocycles. The molecule has 0 saturated heterocycles. The number of nitrogens with zero attached hydrogens (tertiary/aromatic N) is 2. The van der Waals surface area contributed by atoms with E-state index in [2.05, 4.69) is 10.2 Å². The third-order valence-electron chi connectivity index (χ3n) is 2.49. The smallest absolute Gasteiger partial charge is 0.220 e. The van der Waals surface area contributed by atoms with Gasteiger partial charge in [-0.3, -0.25) is 4.79 Å². The van der Waals surface area contributed by atoms with Crippen LogP contribution in [0.3, 0.4) is 0 Å². The zero-order valence-electron chi connectivity index (χ0n) is 6.29. The molecule has 11 heavy (non-hydrogen) atoms. The molecule has 1 heterocycles. The lowest BCUT2D eigenvalue weighted by molar-refractivity contribution is -0.123. The maximum atomic E-state index is 10.8. The highest BCUT2D eigenvalue weighted by Crippen LogP contribution is 2.44. The Balaban J connectivity index is 1.99. The molecular formula is C7H11N3O. The Morgan fingerprint density at radius 3 is 2.82 bits per heavy atom. The van der Waals surface area contributed by atoms with Crippen LogP contribution in [0.25, 0.3) is 0 Å². The van der Waals surface area contributed by atoms with Gasteiger partial charge in [0.25, 0.3) is 0 Å². The molecule has 0 aromatic rings. The van der Waals surface area contributed by atoms with E-state index in [1.54, 1.807) is 0 Å². The fourth-order valence-corrected chi connectivity index (χ4v) is 1.73. The van der Waals surface area contributed by atoms with Crippen LogP contribution in [0.5, 0.6) is 0 Å². The van der Waals surface area contributed by atoms with Crippen LogP contribution in [-0.4, -0.2) is 11.6 Å². The van der Waals surface area contributed by atoms with Gasteiger partial charge in [0.05, 0.1) is 0 Å². The molecule has 2 N–H and O–H groups in total. The lowest BCUT2D eigenvalue weighted by atomic mass is 9.83. The van der Waals surface area contributed by atoms with Gasteiger partial charge in [0, 0.05) is 12.3 Å². The van der Waals surface area contributed by atoms with Crippen molar-refractivity contribution in [1.29, 1.82) is 0 Å². The largest absolute Gasteiger partial charge is 0.369 e. The number of primary amides is 1. The third-order valence-corrected chi connectivity index (χ3v) is 2.49. The predicted octanol–water partition coefficient (Wildman–Crippen LogP) is 0.824. The van der Waals surface area contributed by atoms with E-state index in [-0.39, 0.29) is 17.5 Å². The Bertz CT molecular complexity index is 218. The number of hydrogen-bond donors (Lipinski definition) is 1. The molecule has 1 amide bonds. The highest BCUT2D eigenvalue weighted by molar-refractivity contribution is 5.76. The number of nitrogens with two attached hydrogens (primary N) is 1. The molecule has 1 fully saturated rings. The van der Waals surface area contributed by atoms with Crippen molar-refractivity contribution in [1.82, 2.24) is 0 Å². The molecular weight excluding hydrogens is 142 g/mol. The van der Waals surface area contributed by atoms with Gasteiger partial charge in [-0.25, -0.2) is 0 Å². The molecule has 1 aliphatic heterocycles. The summed E-state index contributed by atoms with van der Waals surface area (Å²) in [5, 5.41) is 7.89. The summed E-state index contributed by atoms with van der Waals surface area (Å²) in [6.45, 7) is 0. The van der Waals surface area contributed by atoms with Crippen molar-refractivity contribution in [2.45, 2.75) is 31.3 Å². The fourth-order valence-electron chi connectivity index (χ4n) is 1.73. The quantitative estimate of drug-likeness (QED) is 0.595. The molecule has 2 aliphatic rings. The first-order chi connectivity index (χ1) is 5.22. The van der Waals surface area contributed by atoms with Gasteiger partial charge in [-0.05, 0) is 19.3 Å². The maximum absolute atomic E-state index is 10.8. The van der Waals surface area contributed by atoms with Gasteiger partial charge >= 0.3 is 0 Å². The summed E-state index contributed by atoms with van der Waals surface area (Å²) in [4.78, 5) is 10.8. The number of rotatable bonds is 1. The summed E-state index contributed by atoms with van der Waals surface area (Å²) in [6.07, 6.45) is 3.71. The summed E-state index contributed by atoms with van der Waals surface area (Å²) in [6, 6.07) is 0. The molecule has 4 nitrogen and oxygen atoms in total. The molecule has 0 bridgehead atoms. The minimum Gasteiger partial charge on any atom is -0.369 e. The lowest BCUT2D eigenvalue weighted by Gasteiger charge is -2.22. The first kappa shape index (κ1) is 6.76. The Kier molecular flexibility index (Phi) is 1.25. The van der Waals surface area contributed by atoms with Gasteiger partial charge in [-0.2, -0.15) is 10.2 Å². The molecule has 0 aromatic heterocycles. The van der Waals surface area contributed by atoms with Crippen LogP contribution in [0.4, 0.5) is 0 Å². The second-order valence-corrected chi connectivity index (χ2v) is 3.38. The molecule has 0 radical (unpaired) electrons. The monoisotopic (exact) mass is 153 g/mol. The Morgan fingerprint density at radius 2 is 2.27 bits per heavy atom. The fraction of sp³-hybridized carbons (Fsp3) is 0.857. The standard InChI is InChI=1S/C7H11N3O/c8-6(11)5-2-1-3-7(4-5)9-10-7/h5H,1-4H2,(H2,8,11). The van der Waals surface area contributed by atoms with Crippen molar-refractivity contribution in [2.24, 2.45) is 21.9 Å². The molecule has 1 spiro atoms. The van der Waals surface area contributed by atoms with Crippen molar-refractivity contribution in [3.63, 3.8) is 0 Å². The summed E-state index contributed by atoms with van der Waals surface area (Å²) < 4.78 is 0. The van der Waals surface area contributed by atoms with Crippen molar-refractivity contribution >= 4 is 5.91 Å². The lowest BCUT2D eigenvalue weighted by Crippen LogP contribution is -2.32. The van der Waals surface area contributed by atoms with E-state index in [4.69, 9.17) is 5.73 Å². The molecule has 2 rings (SSSR count). The summed E-state index contributed by atoms with van der Waals surface area (Å²) >= 11 is 0. The van der Waals surface area contributed by atoms with E-state index in [9.17, 15) is 4.79 Å². The summed E-state index contributed by atoms with van der Waals surface area (Å²) in [5.74, 6) is -0.180. The Labute approximate surface area is 64.9 Å². The number of carbonyl (C=O) groups excluding carboxylic acids is 1. The first-order valence-electron chi connectivity index (χ1n) is 3.95. The normalized spacial score (nSPS) is 32.2. The minimum atomic E-state index is -0.193. The second-order valence-electron chi connectivity index (χ2n) is 3.38. The molecule has 0 aromatic carbocycles. The Hall–Kier alpha value is -0.930. The van der Waals surface area contributed by atoms with Gasteiger partial charge in [-0.15, -0.1) is 0 Å². The summed E-state index contributed by atoms with van der Waals surface area (Å²) in [7, 11) is 0. The van der Waals surface area contributed by atoms with Crippen molar-refractivity contribution in [3.05, 3.63) is 0 Å². The van der Waals surface area contributed by atoms with Crippen LogP contribution < -0.4 is 5.73 Å². The van der Waals surface area contributed by atoms with Gasteiger partial charge in [-0.1, -0.05) is 0 Å². The van der Waals surface area contributed by atoms with E-state index in [0.717, 1.165) is 25.7 Å². The first-order valence-corrected chi connectivity index (χ1v) is 3.95. The highest BCUT2D eigenvalue weighted by Gasteiger charge is 2.45. The number of carbonyl (C=O) groups is 1. The van der Waals surface area contributed by atoms with E-state index < -0.39 is 0 Å². The molecule has 1 unspecified atom stereocenters. The van der Waals surface area contributed by atoms with Crippen LogP contribution in [0.1, 0.15) is 25.7 Å².